The van der Waals surface area contributed by atoms with Gasteiger partial charge < -0.3 is 4.57 Å². The molecular formula is C9H12N2O2. The molecule has 0 atom stereocenters. The third-order valence-electron chi connectivity index (χ3n) is 1.83. The van der Waals surface area contributed by atoms with E-state index >= 15 is 0 Å². The van der Waals surface area contributed by atoms with Crippen LogP contribution in [-0.4, -0.2) is 15.3 Å². The van der Waals surface area contributed by atoms with Crippen LogP contribution in [0.25, 0.3) is 0 Å². The van der Waals surface area contributed by atoms with Crippen LogP contribution >= 0.6 is 0 Å². The van der Waals surface area contributed by atoms with Crippen molar-refractivity contribution in [2.24, 2.45) is 0 Å². The van der Waals surface area contributed by atoms with Crippen molar-refractivity contribution in [2.75, 3.05) is 0 Å². The zero-order chi connectivity index (χ0) is 9.84. The second-order valence-corrected chi connectivity index (χ2v) is 2.84. The first-order valence-electron chi connectivity index (χ1n) is 4.19. The average molecular weight is 180 g/mol. The molecule has 1 heterocycles. The number of hydrogen-bond acceptors (Lipinski definition) is 3. The van der Waals surface area contributed by atoms with Gasteiger partial charge in [-0.2, -0.15) is 0 Å². The van der Waals surface area contributed by atoms with E-state index in [9.17, 15) is 9.59 Å². The summed E-state index contributed by atoms with van der Waals surface area (Å²) in [6.07, 6.45) is 3.51. The van der Waals surface area contributed by atoms with Gasteiger partial charge in [-0.3, -0.25) is 14.6 Å². The van der Waals surface area contributed by atoms with E-state index in [1.54, 1.807) is 13.8 Å². The highest BCUT2D eigenvalue weighted by Crippen LogP contribution is 1.88. The first kappa shape index (κ1) is 9.64. The minimum atomic E-state index is -0.190. The van der Waals surface area contributed by atoms with Crippen LogP contribution in [-0.2, 0) is 11.3 Å². The fourth-order valence-corrected chi connectivity index (χ4v) is 0.983. The van der Waals surface area contributed by atoms with Crippen molar-refractivity contribution in [2.45, 2.75) is 26.8 Å². The Bertz CT molecular complexity index is 368. The van der Waals surface area contributed by atoms with Gasteiger partial charge in [0.25, 0.3) is 5.56 Å². The molecule has 13 heavy (non-hydrogen) atoms. The molecule has 0 aliphatic heterocycles. The average Bonchev–Trinajstić information content (AvgIpc) is 2.13. The topological polar surface area (TPSA) is 52.0 Å². The molecule has 0 fully saturated rings. The Balaban J connectivity index is 2.96. The van der Waals surface area contributed by atoms with Crippen LogP contribution in [0.1, 0.15) is 19.0 Å². The van der Waals surface area contributed by atoms with Crippen molar-refractivity contribution >= 4 is 5.78 Å². The van der Waals surface area contributed by atoms with E-state index in [-0.39, 0.29) is 17.9 Å². The van der Waals surface area contributed by atoms with Gasteiger partial charge in [-0.15, -0.1) is 0 Å². The molecule has 4 heteroatoms. The van der Waals surface area contributed by atoms with Crippen LogP contribution in [0.4, 0.5) is 0 Å². The van der Waals surface area contributed by atoms with Gasteiger partial charge in [0, 0.05) is 18.8 Å². The molecule has 0 saturated heterocycles. The molecule has 0 aliphatic carbocycles. The highest BCUT2D eigenvalue weighted by Gasteiger charge is 2.03. The molecule has 0 N–H and O–H groups in total. The SMILES string of the molecule is CCC(=O)Cn1ccnc(C)c1=O. The monoisotopic (exact) mass is 180 g/mol. The molecule has 0 aliphatic rings. The van der Waals surface area contributed by atoms with Gasteiger partial charge in [0.1, 0.15) is 5.69 Å². The molecule has 4 nitrogen and oxygen atoms in total. The number of carbonyl (C=O) groups excluding carboxylic acids is 1. The molecule has 1 rings (SSSR count). The molecule has 0 bridgehead atoms. The van der Waals surface area contributed by atoms with E-state index in [1.807, 2.05) is 0 Å². The van der Waals surface area contributed by atoms with E-state index < -0.39 is 0 Å². The lowest BCUT2D eigenvalue weighted by Gasteiger charge is -2.02. The van der Waals surface area contributed by atoms with Crippen molar-refractivity contribution in [1.29, 1.82) is 0 Å². The predicted octanol–water partition coefficient (Wildman–Crippen LogP) is 0.531. The summed E-state index contributed by atoms with van der Waals surface area (Å²) in [5.74, 6) is 0.0488. The van der Waals surface area contributed by atoms with Gasteiger partial charge in [0.15, 0.2) is 5.78 Å². The second-order valence-electron chi connectivity index (χ2n) is 2.84. The van der Waals surface area contributed by atoms with E-state index in [0.29, 0.717) is 12.1 Å². The maximum absolute atomic E-state index is 11.4. The summed E-state index contributed by atoms with van der Waals surface area (Å²) in [4.78, 5) is 26.3. The van der Waals surface area contributed by atoms with E-state index in [1.165, 1.54) is 17.0 Å². The first-order valence-corrected chi connectivity index (χ1v) is 4.19. The largest absolute Gasteiger partial charge is 0.305 e. The predicted molar refractivity (Wildman–Crippen MR) is 48.5 cm³/mol. The van der Waals surface area contributed by atoms with Gasteiger partial charge in [-0.25, -0.2) is 0 Å². The molecule has 70 valence electrons. The number of ketones is 1. The van der Waals surface area contributed by atoms with Crippen LogP contribution in [0.5, 0.6) is 0 Å². The normalized spacial score (nSPS) is 10.0. The molecule has 1 aromatic heterocycles. The van der Waals surface area contributed by atoms with Gasteiger partial charge in [0.2, 0.25) is 0 Å². The fourth-order valence-electron chi connectivity index (χ4n) is 0.983. The number of nitrogens with zero attached hydrogens (tertiary/aromatic N) is 2. The van der Waals surface area contributed by atoms with E-state index in [4.69, 9.17) is 0 Å². The van der Waals surface area contributed by atoms with Crippen molar-refractivity contribution in [3.8, 4) is 0 Å². The summed E-state index contributed by atoms with van der Waals surface area (Å²) in [5, 5.41) is 0. The first-order chi connectivity index (χ1) is 6.15. The quantitative estimate of drug-likeness (QED) is 0.681. The number of Topliss-reactive ketones (excluding diaryl/α,β-unsaturated/α-hetero) is 1. The summed E-state index contributed by atoms with van der Waals surface area (Å²) in [6, 6.07) is 0. The smallest absolute Gasteiger partial charge is 0.272 e. The molecule has 0 amide bonds. The third-order valence-corrected chi connectivity index (χ3v) is 1.83. The van der Waals surface area contributed by atoms with Gasteiger partial charge in [0.05, 0.1) is 6.54 Å². The maximum atomic E-state index is 11.4. The minimum absolute atomic E-state index is 0.0488. The van der Waals surface area contributed by atoms with Gasteiger partial charge in [-0.05, 0) is 6.92 Å². The third kappa shape index (κ3) is 2.24. The molecule has 0 spiro atoms. The van der Waals surface area contributed by atoms with Crippen LogP contribution in [0.3, 0.4) is 0 Å². The molecule has 0 aromatic carbocycles. The highest BCUT2D eigenvalue weighted by molar-refractivity contribution is 5.77. The zero-order valence-corrected chi connectivity index (χ0v) is 7.78. The molecule has 0 radical (unpaired) electrons. The Hall–Kier alpha value is -1.45. The summed E-state index contributed by atoms with van der Waals surface area (Å²) >= 11 is 0. The van der Waals surface area contributed by atoms with Crippen molar-refractivity contribution < 1.29 is 4.79 Å². The summed E-state index contributed by atoms with van der Waals surface area (Å²) < 4.78 is 1.38. The summed E-state index contributed by atoms with van der Waals surface area (Å²) in [6.45, 7) is 3.56. The number of rotatable bonds is 3. The Labute approximate surface area is 76.2 Å². The Morgan fingerprint density at radius 3 is 2.92 bits per heavy atom. The molecular weight excluding hydrogens is 168 g/mol. The number of aromatic nitrogens is 2. The highest BCUT2D eigenvalue weighted by atomic mass is 16.1. The lowest BCUT2D eigenvalue weighted by Crippen LogP contribution is -2.25. The Morgan fingerprint density at radius 2 is 2.31 bits per heavy atom. The van der Waals surface area contributed by atoms with Crippen LogP contribution in [0.2, 0.25) is 0 Å². The van der Waals surface area contributed by atoms with E-state index in [0.717, 1.165) is 0 Å². The van der Waals surface area contributed by atoms with Crippen molar-refractivity contribution in [3.05, 3.63) is 28.4 Å². The summed E-state index contributed by atoms with van der Waals surface area (Å²) in [5.41, 5.74) is 0.232. The van der Waals surface area contributed by atoms with Gasteiger partial charge in [-0.1, -0.05) is 6.92 Å². The lowest BCUT2D eigenvalue weighted by molar-refractivity contribution is -0.119. The minimum Gasteiger partial charge on any atom is -0.305 e. The molecule has 0 saturated carbocycles. The van der Waals surface area contributed by atoms with Crippen molar-refractivity contribution in [3.63, 3.8) is 0 Å². The standard InChI is InChI=1S/C9H12N2O2/c1-3-8(12)6-11-5-4-10-7(2)9(11)13/h4-5H,3,6H2,1-2H3. The zero-order valence-electron chi connectivity index (χ0n) is 7.78. The maximum Gasteiger partial charge on any atom is 0.272 e. The van der Waals surface area contributed by atoms with Gasteiger partial charge >= 0.3 is 0 Å². The number of aryl methyl sites for hydroxylation is 1. The fraction of sp³-hybridized carbons (Fsp3) is 0.444. The van der Waals surface area contributed by atoms with Crippen molar-refractivity contribution in [1.82, 2.24) is 9.55 Å². The number of hydrogen-bond donors (Lipinski definition) is 0. The van der Waals surface area contributed by atoms with Crippen LogP contribution in [0.15, 0.2) is 17.2 Å². The molecule has 1 aromatic rings. The van der Waals surface area contributed by atoms with Crippen LogP contribution < -0.4 is 5.56 Å². The van der Waals surface area contributed by atoms with E-state index in [2.05, 4.69) is 4.98 Å². The van der Waals surface area contributed by atoms with Crippen LogP contribution in [0, 0.1) is 6.92 Å². The molecule has 0 unspecified atom stereocenters. The number of carbonyl (C=O) groups is 1. The Kier molecular flexibility index (Phi) is 2.95. The second kappa shape index (κ2) is 3.98. The summed E-state index contributed by atoms with van der Waals surface area (Å²) in [7, 11) is 0. The Morgan fingerprint density at radius 1 is 1.62 bits per heavy atom. The lowest BCUT2D eigenvalue weighted by atomic mass is 10.3.